The van der Waals surface area contributed by atoms with Crippen LogP contribution in [0.5, 0.6) is 0 Å². The fourth-order valence-electron chi connectivity index (χ4n) is 1.59. The van der Waals surface area contributed by atoms with Gasteiger partial charge in [0.2, 0.25) is 0 Å². The van der Waals surface area contributed by atoms with Crippen LogP contribution in [-0.4, -0.2) is 28.0 Å². The van der Waals surface area contributed by atoms with Crippen molar-refractivity contribution < 1.29 is 0 Å². The second-order valence-electron chi connectivity index (χ2n) is 3.52. The molecule has 0 spiro atoms. The summed E-state index contributed by atoms with van der Waals surface area (Å²) in [5.41, 5.74) is 0.00662. The zero-order valence-electron chi connectivity index (χ0n) is 9.82. The maximum atomic E-state index is 12.1. The van der Waals surface area contributed by atoms with Crippen molar-refractivity contribution in [1.29, 1.82) is 0 Å². The predicted molar refractivity (Wildman–Crippen MR) is 70.5 cm³/mol. The zero-order chi connectivity index (χ0) is 12.0. The average Bonchev–Trinajstić information content (AvgIpc) is 2.30. The Bertz CT molecular complexity index is 378. The van der Waals surface area contributed by atoms with Gasteiger partial charge in [-0.15, -0.1) is 0 Å². The van der Waals surface area contributed by atoms with E-state index >= 15 is 0 Å². The first-order chi connectivity index (χ1) is 7.74. The van der Waals surface area contributed by atoms with E-state index in [2.05, 4.69) is 27.8 Å². The molecule has 0 saturated carbocycles. The van der Waals surface area contributed by atoms with Gasteiger partial charge in [-0.1, -0.05) is 22.9 Å². The van der Waals surface area contributed by atoms with Gasteiger partial charge in [0.1, 0.15) is 0 Å². The fourth-order valence-corrected chi connectivity index (χ4v) is 2.01. The van der Waals surface area contributed by atoms with Crippen molar-refractivity contribution in [2.45, 2.75) is 26.8 Å². The number of halogens is 1. The van der Waals surface area contributed by atoms with Gasteiger partial charge >= 0.3 is 0 Å². The minimum Gasteiger partial charge on any atom is -0.351 e. The molecule has 1 heterocycles. The summed E-state index contributed by atoms with van der Waals surface area (Å²) in [5.74, 6) is 0.554. The summed E-state index contributed by atoms with van der Waals surface area (Å²) >= 11 is 3.38. The van der Waals surface area contributed by atoms with Crippen molar-refractivity contribution in [2.75, 3.05) is 23.3 Å². The summed E-state index contributed by atoms with van der Waals surface area (Å²) < 4.78 is 1.72. The molecule has 0 bridgehead atoms. The topological polar surface area (TPSA) is 38.1 Å². The van der Waals surface area contributed by atoms with Gasteiger partial charge < -0.3 is 9.47 Å². The van der Waals surface area contributed by atoms with Gasteiger partial charge in [0.15, 0.2) is 5.82 Å². The lowest BCUT2D eigenvalue weighted by atomic mass is 10.4. The minimum atomic E-state index is 0.00662. The van der Waals surface area contributed by atoms with Crippen LogP contribution in [0.4, 0.5) is 5.82 Å². The number of rotatable bonds is 6. The highest BCUT2D eigenvalue weighted by atomic mass is 79.9. The first-order valence-electron chi connectivity index (χ1n) is 5.60. The summed E-state index contributed by atoms with van der Waals surface area (Å²) in [6.07, 6.45) is 4.40. The van der Waals surface area contributed by atoms with Crippen molar-refractivity contribution in [3.63, 3.8) is 0 Å². The lowest BCUT2D eigenvalue weighted by molar-refractivity contribution is 0.643. The van der Waals surface area contributed by atoms with Crippen LogP contribution in [0.3, 0.4) is 0 Å². The smallest absolute Gasteiger partial charge is 0.293 e. The van der Waals surface area contributed by atoms with Gasteiger partial charge in [0, 0.05) is 37.4 Å². The van der Waals surface area contributed by atoms with Crippen molar-refractivity contribution in [1.82, 2.24) is 9.55 Å². The predicted octanol–water partition coefficient (Wildman–Crippen LogP) is 1.87. The first kappa shape index (κ1) is 13.2. The number of anilines is 1. The highest BCUT2D eigenvalue weighted by molar-refractivity contribution is 9.09. The number of nitrogens with zero attached hydrogens (tertiary/aromatic N) is 3. The normalized spacial score (nSPS) is 10.4. The molecule has 1 aromatic rings. The molecule has 0 saturated heterocycles. The molecule has 16 heavy (non-hydrogen) atoms. The maximum Gasteiger partial charge on any atom is 0.293 e. The Morgan fingerprint density at radius 2 is 2.25 bits per heavy atom. The standard InChI is InChI=1S/C11H18BrN3O/c1-3-7-15-9-6-13-10(11(15)16)14(4-2)8-5-12/h6,9H,3-5,7-8H2,1-2H3. The van der Waals surface area contributed by atoms with Gasteiger partial charge in [-0.2, -0.15) is 0 Å². The Kier molecular flexibility index (Phi) is 5.52. The molecule has 0 aliphatic heterocycles. The lowest BCUT2D eigenvalue weighted by Crippen LogP contribution is -2.34. The third kappa shape index (κ3) is 3.07. The van der Waals surface area contributed by atoms with Crippen molar-refractivity contribution in [3.8, 4) is 0 Å². The van der Waals surface area contributed by atoms with Gasteiger partial charge in [0.25, 0.3) is 5.56 Å². The van der Waals surface area contributed by atoms with E-state index < -0.39 is 0 Å². The number of alkyl halides is 1. The van der Waals surface area contributed by atoms with Crippen LogP contribution >= 0.6 is 15.9 Å². The monoisotopic (exact) mass is 287 g/mol. The van der Waals surface area contributed by atoms with Crippen molar-refractivity contribution >= 4 is 21.7 Å². The molecular formula is C11H18BrN3O. The second-order valence-corrected chi connectivity index (χ2v) is 4.31. The molecule has 0 aliphatic carbocycles. The number of hydrogen-bond acceptors (Lipinski definition) is 3. The number of aromatic nitrogens is 2. The molecule has 5 heteroatoms. The van der Waals surface area contributed by atoms with Crippen LogP contribution in [0, 0.1) is 0 Å². The molecule has 0 atom stereocenters. The molecule has 1 rings (SSSR count). The van der Waals surface area contributed by atoms with E-state index in [9.17, 15) is 4.79 Å². The molecule has 0 amide bonds. The Labute approximate surface area is 104 Å². The summed E-state index contributed by atoms with van der Waals surface area (Å²) in [6, 6.07) is 0. The van der Waals surface area contributed by atoms with E-state index in [0.717, 1.165) is 31.4 Å². The van der Waals surface area contributed by atoms with E-state index in [-0.39, 0.29) is 5.56 Å². The van der Waals surface area contributed by atoms with Gasteiger partial charge in [-0.05, 0) is 13.3 Å². The quantitative estimate of drug-likeness (QED) is 0.750. The van der Waals surface area contributed by atoms with Crippen molar-refractivity contribution in [3.05, 3.63) is 22.7 Å². The molecule has 0 aromatic carbocycles. The van der Waals surface area contributed by atoms with E-state index in [1.807, 2.05) is 11.8 Å². The van der Waals surface area contributed by atoms with Crippen LogP contribution in [0.25, 0.3) is 0 Å². The summed E-state index contributed by atoms with van der Waals surface area (Å²) in [6.45, 7) is 6.43. The largest absolute Gasteiger partial charge is 0.351 e. The first-order valence-corrected chi connectivity index (χ1v) is 6.73. The molecule has 90 valence electrons. The van der Waals surface area contributed by atoms with Crippen LogP contribution in [0.1, 0.15) is 20.3 Å². The molecule has 4 nitrogen and oxygen atoms in total. The van der Waals surface area contributed by atoms with Crippen LogP contribution in [-0.2, 0) is 6.54 Å². The summed E-state index contributed by atoms with van der Waals surface area (Å²) in [4.78, 5) is 18.2. The highest BCUT2D eigenvalue weighted by Crippen LogP contribution is 2.03. The zero-order valence-corrected chi connectivity index (χ0v) is 11.4. The Balaban J connectivity index is 3.03. The average molecular weight is 288 g/mol. The highest BCUT2D eigenvalue weighted by Gasteiger charge is 2.10. The molecule has 1 aromatic heterocycles. The lowest BCUT2D eigenvalue weighted by Gasteiger charge is -2.20. The van der Waals surface area contributed by atoms with Crippen LogP contribution < -0.4 is 10.5 Å². The van der Waals surface area contributed by atoms with Crippen LogP contribution in [0.2, 0.25) is 0 Å². The van der Waals surface area contributed by atoms with Crippen molar-refractivity contribution in [2.24, 2.45) is 0 Å². The summed E-state index contributed by atoms with van der Waals surface area (Å²) in [5, 5.41) is 0.838. The van der Waals surface area contributed by atoms with E-state index in [1.54, 1.807) is 17.0 Å². The number of hydrogen-bond donors (Lipinski definition) is 0. The van der Waals surface area contributed by atoms with Gasteiger partial charge in [-0.3, -0.25) is 4.79 Å². The van der Waals surface area contributed by atoms with E-state index in [4.69, 9.17) is 0 Å². The number of aryl methyl sites for hydroxylation is 1. The van der Waals surface area contributed by atoms with E-state index in [0.29, 0.717) is 5.82 Å². The molecule has 0 radical (unpaired) electrons. The van der Waals surface area contributed by atoms with Gasteiger partial charge in [0.05, 0.1) is 0 Å². The minimum absolute atomic E-state index is 0.00662. The molecule has 0 unspecified atom stereocenters. The molecule has 0 fully saturated rings. The molecule has 0 aliphatic rings. The fraction of sp³-hybridized carbons (Fsp3) is 0.636. The Morgan fingerprint density at radius 3 is 2.81 bits per heavy atom. The second kappa shape index (κ2) is 6.68. The van der Waals surface area contributed by atoms with Crippen LogP contribution in [0.15, 0.2) is 17.2 Å². The molecular weight excluding hydrogens is 270 g/mol. The maximum absolute atomic E-state index is 12.1. The third-order valence-corrected chi connectivity index (χ3v) is 2.75. The Hall–Kier alpha value is -0.840. The third-order valence-electron chi connectivity index (χ3n) is 2.40. The summed E-state index contributed by atoms with van der Waals surface area (Å²) in [7, 11) is 0. The Morgan fingerprint density at radius 1 is 1.50 bits per heavy atom. The van der Waals surface area contributed by atoms with E-state index in [1.165, 1.54) is 0 Å². The molecule has 0 N–H and O–H groups in total. The SMILES string of the molecule is CCCn1ccnc(N(CC)CCBr)c1=O. The van der Waals surface area contributed by atoms with Gasteiger partial charge in [-0.25, -0.2) is 4.98 Å².